The number of aromatic nitrogens is 2. The van der Waals surface area contributed by atoms with Gasteiger partial charge in [0.2, 0.25) is 0 Å². The number of pyridine rings is 1. The average Bonchev–Trinajstić information content (AvgIpc) is 3.03. The van der Waals surface area contributed by atoms with Crippen molar-refractivity contribution in [2.24, 2.45) is 5.73 Å². The summed E-state index contributed by atoms with van der Waals surface area (Å²) in [4.78, 5) is 7.75. The summed E-state index contributed by atoms with van der Waals surface area (Å²) < 4.78 is 0. The van der Waals surface area contributed by atoms with Crippen molar-refractivity contribution in [1.82, 2.24) is 15.3 Å². The number of aromatic amines is 1. The minimum absolute atomic E-state index is 0.0565. The molecule has 0 amide bonds. The Bertz CT molecular complexity index is 1230. The first-order valence-corrected chi connectivity index (χ1v) is 9.94. The van der Waals surface area contributed by atoms with E-state index in [0.29, 0.717) is 33.9 Å². The molecule has 0 bridgehead atoms. The molecule has 4 rings (SSSR count). The standard InChI is InChI=1S/C20H17Cl3N6/c21-11-1-2-17-13(6-11)14-7-12(28-18-8-15(22)16(23)9-27-18)5-10(19(14)29-17)3-4-26-20(24)25/h1-2,5-9,29H,3-4H2,(H,27,28)(H4,24,25,26). The molecule has 0 spiro atoms. The van der Waals surface area contributed by atoms with E-state index in [0.717, 1.165) is 33.1 Å². The van der Waals surface area contributed by atoms with Crippen LogP contribution in [0.2, 0.25) is 15.1 Å². The molecule has 0 saturated carbocycles. The van der Waals surface area contributed by atoms with Gasteiger partial charge in [-0.05, 0) is 42.3 Å². The third-order valence-corrected chi connectivity index (χ3v) is 5.49. The Morgan fingerprint density at radius 3 is 2.66 bits per heavy atom. The van der Waals surface area contributed by atoms with E-state index >= 15 is 0 Å². The molecule has 29 heavy (non-hydrogen) atoms. The second-order valence-corrected chi connectivity index (χ2v) is 7.82. The molecule has 9 heteroatoms. The van der Waals surface area contributed by atoms with E-state index < -0.39 is 0 Å². The van der Waals surface area contributed by atoms with E-state index in [4.69, 9.17) is 45.9 Å². The molecule has 0 atom stereocenters. The first-order valence-electron chi connectivity index (χ1n) is 8.80. The van der Waals surface area contributed by atoms with E-state index in [1.807, 2.05) is 30.3 Å². The predicted molar refractivity (Wildman–Crippen MR) is 122 cm³/mol. The van der Waals surface area contributed by atoms with Crippen molar-refractivity contribution in [1.29, 1.82) is 5.41 Å². The molecule has 2 aromatic carbocycles. The van der Waals surface area contributed by atoms with Crippen LogP contribution in [-0.4, -0.2) is 22.5 Å². The fraction of sp³-hybridized carbons (Fsp3) is 0.100. The molecule has 4 aromatic rings. The molecule has 0 unspecified atom stereocenters. The highest BCUT2D eigenvalue weighted by Crippen LogP contribution is 2.34. The van der Waals surface area contributed by atoms with Crippen LogP contribution >= 0.6 is 34.8 Å². The van der Waals surface area contributed by atoms with E-state index in [2.05, 4.69) is 20.6 Å². The lowest BCUT2D eigenvalue weighted by atomic mass is 10.0. The molecule has 0 fully saturated rings. The maximum absolute atomic E-state index is 7.36. The van der Waals surface area contributed by atoms with Gasteiger partial charge >= 0.3 is 0 Å². The van der Waals surface area contributed by atoms with Crippen molar-refractivity contribution in [3.63, 3.8) is 0 Å². The molecule has 148 valence electrons. The van der Waals surface area contributed by atoms with Crippen LogP contribution in [-0.2, 0) is 6.42 Å². The fourth-order valence-electron chi connectivity index (χ4n) is 3.28. The highest BCUT2D eigenvalue weighted by atomic mass is 35.5. The summed E-state index contributed by atoms with van der Waals surface area (Å²) in [6, 6.07) is 11.5. The number of rotatable bonds is 5. The van der Waals surface area contributed by atoms with Crippen molar-refractivity contribution in [2.45, 2.75) is 6.42 Å². The van der Waals surface area contributed by atoms with Crippen LogP contribution < -0.4 is 16.4 Å². The van der Waals surface area contributed by atoms with Gasteiger partial charge in [-0.3, -0.25) is 5.41 Å². The summed E-state index contributed by atoms with van der Waals surface area (Å²) in [6.45, 7) is 0.537. The summed E-state index contributed by atoms with van der Waals surface area (Å²) in [5, 5.41) is 17.0. The summed E-state index contributed by atoms with van der Waals surface area (Å²) in [7, 11) is 0. The first kappa shape index (κ1) is 19.6. The number of nitrogens with zero attached hydrogens (tertiary/aromatic N) is 1. The van der Waals surface area contributed by atoms with Crippen LogP contribution in [0.1, 0.15) is 5.56 Å². The van der Waals surface area contributed by atoms with Gasteiger partial charge in [-0.1, -0.05) is 34.8 Å². The molecule has 0 aliphatic heterocycles. The maximum Gasteiger partial charge on any atom is 0.185 e. The van der Waals surface area contributed by atoms with Crippen LogP contribution in [0.5, 0.6) is 0 Å². The molecule has 0 aliphatic rings. The first-order chi connectivity index (χ1) is 13.9. The number of halogens is 3. The SMILES string of the molecule is N=C(N)NCCc1cc(Nc2cc(Cl)c(Cl)cn2)cc2c1[nH]c1ccc(Cl)cc12. The lowest BCUT2D eigenvalue weighted by Gasteiger charge is -2.11. The molecule has 0 aliphatic carbocycles. The molecular weight excluding hydrogens is 431 g/mol. The normalized spacial score (nSPS) is 11.1. The summed E-state index contributed by atoms with van der Waals surface area (Å²) in [5.41, 5.74) is 9.33. The fourth-order valence-corrected chi connectivity index (χ4v) is 3.70. The Morgan fingerprint density at radius 2 is 1.90 bits per heavy atom. The van der Waals surface area contributed by atoms with E-state index in [1.165, 1.54) is 6.20 Å². The Labute approximate surface area is 181 Å². The largest absolute Gasteiger partial charge is 0.370 e. The summed E-state index contributed by atoms with van der Waals surface area (Å²) in [5.74, 6) is 0.531. The van der Waals surface area contributed by atoms with Crippen LogP contribution in [0.15, 0.2) is 42.6 Å². The molecule has 6 nitrogen and oxygen atoms in total. The highest BCUT2D eigenvalue weighted by Gasteiger charge is 2.12. The van der Waals surface area contributed by atoms with Crippen LogP contribution in [0, 0.1) is 5.41 Å². The number of benzene rings is 2. The minimum atomic E-state index is -0.0565. The molecule has 2 heterocycles. The highest BCUT2D eigenvalue weighted by molar-refractivity contribution is 6.42. The quantitative estimate of drug-likeness (QED) is 0.207. The lowest BCUT2D eigenvalue weighted by molar-refractivity contribution is 0.857. The number of hydrogen-bond donors (Lipinski definition) is 5. The van der Waals surface area contributed by atoms with Gasteiger partial charge in [-0.25, -0.2) is 4.98 Å². The topological polar surface area (TPSA) is 103 Å². The van der Waals surface area contributed by atoms with Gasteiger partial charge in [-0.15, -0.1) is 0 Å². The smallest absolute Gasteiger partial charge is 0.185 e. The Kier molecular flexibility index (Phi) is 5.41. The van der Waals surface area contributed by atoms with Gasteiger partial charge in [0.25, 0.3) is 0 Å². The van der Waals surface area contributed by atoms with Gasteiger partial charge in [0.15, 0.2) is 5.96 Å². The van der Waals surface area contributed by atoms with Gasteiger partial charge < -0.3 is 21.4 Å². The van der Waals surface area contributed by atoms with E-state index in [9.17, 15) is 0 Å². The molecule has 0 radical (unpaired) electrons. The van der Waals surface area contributed by atoms with Gasteiger partial charge in [0, 0.05) is 51.3 Å². The third-order valence-electron chi connectivity index (χ3n) is 4.54. The maximum atomic E-state index is 7.36. The summed E-state index contributed by atoms with van der Waals surface area (Å²) >= 11 is 18.3. The minimum Gasteiger partial charge on any atom is -0.370 e. The van der Waals surface area contributed by atoms with Crippen LogP contribution in [0.4, 0.5) is 11.5 Å². The number of hydrogen-bond acceptors (Lipinski definition) is 3. The zero-order chi connectivity index (χ0) is 20.5. The predicted octanol–water partition coefficient (Wildman–Crippen LogP) is 5.45. The Morgan fingerprint density at radius 1 is 1.07 bits per heavy atom. The zero-order valence-corrected chi connectivity index (χ0v) is 17.4. The van der Waals surface area contributed by atoms with Crippen LogP contribution in [0.3, 0.4) is 0 Å². The van der Waals surface area contributed by atoms with Crippen molar-refractivity contribution in [2.75, 3.05) is 11.9 Å². The lowest BCUT2D eigenvalue weighted by Crippen LogP contribution is -2.31. The number of guanidine groups is 1. The second kappa shape index (κ2) is 7.99. The van der Waals surface area contributed by atoms with Gasteiger partial charge in [0.1, 0.15) is 5.82 Å². The number of nitrogens with one attached hydrogen (secondary N) is 4. The second-order valence-electron chi connectivity index (χ2n) is 6.57. The molecule has 0 saturated heterocycles. The molecule has 6 N–H and O–H groups in total. The van der Waals surface area contributed by atoms with E-state index in [-0.39, 0.29) is 5.96 Å². The number of anilines is 2. The number of H-pyrrole nitrogens is 1. The Hall–Kier alpha value is -2.67. The average molecular weight is 448 g/mol. The molecular formula is C20H17Cl3N6. The van der Waals surface area contributed by atoms with Crippen molar-refractivity contribution >= 4 is 74.1 Å². The molecule has 2 aromatic heterocycles. The summed E-state index contributed by atoms with van der Waals surface area (Å²) in [6.07, 6.45) is 2.18. The third kappa shape index (κ3) is 4.19. The van der Waals surface area contributed by atoms with E-state index in [1.54, 1.807) is 6.07 Å². The number of nitrogens with two attached hydrogens (primary N) is 1. The van der Waals surface area contributed by atoms with Crippen molar-refractivity contribution in [3.05, 3.63) is 63.2 Å². The monoisotopic (exact) mass is 446 g/mol. The van der Waals surface area contributed by atoms with Crippen LogP contribution in [0.25, 0.3) is 21.8 Å². The number of fused-ring (bicyclic) bond motifs is 3. The Balaban J connectivity index is 1.80. The van der Waals surface area contributed by atoms with Gasteiger partial charge in [-0.2, -0.15) is 0 Å². The van der Waals surface area contributed by atoms with Crippen molar-refractivity contribution in [3.8, 4) is 0 Å². The van der Waals surface area contributed by atoms with Crippen molar-refractivity contribution < 1.29 is 0 Å². The zero-order valence-electron chi connectivity index (χ0n) is 15.1. The van der Waals surface area contributed by atoms with Gasteiger partial charge in [0.05, 0.1) is 10.0 Å².